The maximum Gasteiger partial charge on any atom is 0.180 e. The number of carbonyl (C=O) groups is 1. The smallest absolute Gasteiger partial charge is 0.180 e. The first kappa shape index (κ1) is 13.4. The third-order valence-corrected chi connectivity index (χ3v) is 2.45. The Labute approximate surface area is 99.5 Å². The van der Waals surface area contributed by atoms with Crippen LogP contribution in [-0.4, -0.2) is 26.5 Å². The average Bonchev–Trinajstić information content (AvgIpc) is 2.35. The highest BCUT2D eigenvalue weighted by molar-refractivity contribution is 6.01. The summed E-state index contributed by atoms with van der Waals surface area (Å²) < 4.78 is 23.5. The molecule has 17 heavy (non-hydrogen) atoms. The quantitative estimate of drug-likeness (QED) is 0.799. The first-order valence-electron chi connectivity index (χ1n) is 5.18. The Hall–Kier alpha value is -1.62. The molecule has 0 fully saturated rings. The molecule has 94 valence electrons. The topological polar surface area (TPSA) is 61.5 Å². The van der Waals surface area contributed by atoms with Crippen molar-refractivity contribution in [2.24, 2.45) is 5.73 Å². The summed E-state index contributed by atoms with van der Waals surface area (Å²) in [6.07, 6.45) is -1.20. The Kier molecular flexibility index (Phi) is 4.45. The Morgan fingerprint density at radius 2 is 2.06 bits per heavy atom. The lowest BCUT2D eigenvalue weighted by Gasteiger charge is -2.14. The van der Waals surface area contributed by atoms with E-state index >= 15 is 0 Å². The van der Waals surface area contributed by atoms with E-state index in [1.165, 1.54) is 33.3 Å². The zero-order valence-electron chi connectivity index (χ0n) is 10.1. The van der Waals surface area contributed by atoms with Gasteiger partial charge in [0.15, 0.2) is 17.3 Å². The Bertz CT molecular complexity index is 418. The third-order valence-electron chi connectivity index (χ3n) is 2.45. The number of hydrogen-bond donors (Lipinski definition) is 1. The Morgan fingerprint density at radius 1 is 1.41 bits per heavy atom. The molecule has 0 bridgehead atoms. The number of benzene rings is 1. The fourth-order valence-electron chi connectivity index (χ4n) is 1.53. The summed E-state index contributed by atoms with van der Waals surface area (Å²) in [6.45, 7) is 1.22. The minimum absolute atomic E-state index is 0.163. The second kappa shape index (κ2) is 5.63. The van der Waals surface area contributed by atoms with E-state index in [2.05, 4.69) is 0 Å². The van der Waals surface area contributed by atoms with Gasteiger partial charge in [-0.3, -0.25) is 4.79 Å². The molecule has 0 amide bonds. The van der Waals surface area contributed by atoms with E-state index in [1.54, 1.807) is 0 Å². The molecule has 0 aliphatic carbocycles. The number of carbonyl (C=O) groups excluding carboxylic acids is 1. The minimum atomic E-state index is -1.20. The largest absolute Gasteiger partial charge is 0.493 e. The van der Waals surface area contributed by atoms with Crippen molar-refractivity contribution in [2.75, 3.05) is 20.8 Å². The van der Waals surface area contributed by atoms with Crippen LogP contribution < -0.4 is 15.2 Å². The predicted octanol–water partition coefficient (Wildman–Crippen LogP) is 1.88. The first-order chi connectivity index (χ1) is 8.04. The second-order valence-corrected chi connectivity index (χ2v) is 3.55. The summed E-state index contributed by atoms with van der Waals surface area (Å²) in [5.41, 5.74) is 5.91. The number of hydrogen-bond acceptors (Lipinski definition) is 4. The van der Waals surface area contributed by atoms with Gasteiger partial charge in [-0.2, -0.15) is 0 Å². The fourth-order valence-corrected chi connectivity index (χ4v) is 1.53. The van der Waals surface area contributed by atoms with Gasteiger partial charge in [-0.1, -0.05) is 0 Å². The molecule has 1 aromatic rings. The van der Waals surface area contributed by atoms with Crippen molar-refractivity contribution in [3.05, 3.63) is 23.3 Å². The molecular formula is C12H16FNO3. The molecule has 0 saturated heterocycles. The van der Waals surface area contributed by atoms with Crippen LogP contribution in [0.4, 0.5) is 4.39 Å². The van der Waals surface area contributed by atoms with Gasteiger partial charge in [0, 0.05) is 0 Å². The molecule has 0 aromatic heterocycles. The summed E-state index contributed by atoms with van der Waals surface area (Å²) in [6, 6.07) is 2.96. The van der Waals surface area contributed by atoms with E-state index in [9.17, 15) is 9.18 Å². The summed E-state index contributed by atoms with van der Waals surface area (Å²) >= 11 is 0. The van der Waals surface area contributed by atoms with Gasteiger partial charge in [0.2, 0.25) is 0 Å². The van der Waals surface area contributed by atoms with Gasteiger partial charge >= 0.3 is 0 Å². The van der Waals surface area contributed by atoms with Crippen molar-refractivity contribution < 1.29 is 18.7 Å². The van der Waals surface area contributed by atoms with Crippen LogP contribution in [0.15, 0.2) is 12.1 Å². The van der Waals surface area contributed by atoms with Crippen molar-refractivity contribution in [2.45, 2.75) is 13.1 Å². The molecule has 0 saturated carbocycles. The average molecular weight is 241 g/mol. The van der Waals surface area contributed by atoms with Crippen molar-refractivity contribution >= 4 is 5.78 Å². The van der Waals surface area contributed by atoms with Crippen LogP contribution in [0.1, 0.15) is 29.0 Å². The molecule has 1 aromatic carbocycles. The van der Waals surface area contributed by atoms with E-state index in [4.69, 9.17) is 15.2 Å². The molecule has 5 heteroatoms. The summed E-state index contributed by atoms with van der Waals surface area (Å²) in [7, 11) is 2.85. The van der Waals surface area contributed by atoms with Crippen LogP contribution in [-0.2, 0) is 0 Å². The van der Waals surface area contributed by atoms with Crippen molar-refractivity contribution in [3.63, 3.8) is 0 Å². The third kappa shape index (κ3) is 2.74. The van der Waals surface area contributed by atoms with Gasteiger partial charge in [0.1, 0.15) is 6.17 Å². The van der Waals surface area contributed by atoms with Crippen LogP contribution in [0.2, 0.25) is 0 Å². The molecule has 4 nitrogen and oxygen atoms in total. The SMILES string of the molecule is COc1cc(C(C)F)cc(C(=O)CN)c1OC. The van der Waals surface area contributed by atoms with Crippen molar-refractivity contribution in [1.29, 1.82) is 0 Å². The molecule has 0 aliphatic heterocycles. The number of methoxy groups -OCH3 is 2. The molecule has 0 spiro atoms. The zero-order chi connectivity index (χ0) is 13.0. The van der Waals surface area contributed by atoms with Crippen LogP contribution in [0, 0.1) is 0 Å². The molecule has 1 unspecified atom stereocenters. The highest BCUT2D eigenvalue weighted by Crippen LogP contribution is 2.35. The fraction of sp³-hybridized carbons (Fsp3) is 0.417. The zero-order valence-corrected chi connectivity index (χ0v) is 10.1. The van der Waals surface area contributed by atoms with Crippen molar-refractivity contribution in [3.8, 4) is 11.5 Å². The van der Waals surface area contributed by atoms with Gasteiger partial charge in [0.05, 0.1) is 26.3 Å². The molecule has 0 radical (unpaired) electrons. The normalized spacial score (nSPS) is 12.1. The van der Waals surface area contributed by atoms with E-state index in [0.29, 0.717) is 11.3 Å². The van der Waals surface area contributed by atoms with Gasteiger partial charge in [0.25, 0.3) is 0 Å². The number of alkyl halides is 1. The number of Topliss-reactive ketones (excluding diaryl/α,β-unsaturated/α-hetero) is 1. The molecule has 1 rings (SSSR count). The lowest BCUT2D eigenvalue weighted by Crippen LogP contribution is -2.15. The molecule has 2 N–H and O–H groups in total. The van der Waals surface area contributed by atoms with Crippen LogP contribution in [0.3, 0.4) is 0 Å². The van der Waals surface area contributed by atoms with Gasteiger partial charge in [-0.15, -0.1) is 0 Å². The summed E-state index contributed by atoms with van der Waals surface area (Å²) in [5.74, 6) is 0.293. The monoisotopic (exact) mass is 241 g/mol. The molecule has 0 aliphatic rings. The second-order valence-electron chi connectivity index (χ2n) is 3.55. The standard InChI is InChI=1S/C12H16FNO3/c1-7(13)8-4-9(10(15)6-14)12(17-3)11(5-8)16-2/h4-5,7H,6,14H2,1-3H3. The van der Waals surface area contributed by atoms with Gasteiger partial charge < -0.3 is 15.2 Å². The van der Waals surface area contributed by atoms with E-state index in [1.807, 2.05) is 0 Å². The summed E-state index contributed by atoms with van der Waals surface area (Å²) in [4.78, 5) is 11.7. The molecule has 0 heterocycles. The lowest BCUT2D eigenvalue weighted by molar-refractivity contribution is 0.0997. The number of nitrogens with two attached hydrogens (primary N) is 1. The number of ether oxygens (including phenoxy) is 2. The van der Waals surface area contributed by atoms with E-state index in [-0.39, 0.29) is 23.6 Å². The Balaban J connectivity index is 3.42. The van der Waals surface area contributed by atoms with Crippen LogP contribution >= 0.6 is 0 Å². The number of halogens is 1. The van der Waals surface area contributed by atoms with Gasteiger partial charge in [-0.05, 0) is 24.6 Å². The summed E-state index contributed by atoms with van der Waals surface area (Å²) in [5, 5.41) is 0. The first-order valence-corrected chi connectivity index (χ1v) is 5.18. The lowest BCUT2D eigenvalue weighted by atomic mass is 10.0. The van der Waals surface area contributed by atoms with E-state index in [0.717, 1.165) is 0 Å². The maximum atomic E-state index is 13.3. The van der Waals surface area contributed by atoms with Crippen molar-refractivity contribution in [1.82, 2.24) is 0 Å². The highest BCUT2D eigenvalue weighted by Gasteiger charge is 2.19. The highest BCUT2D eigenvalue weighted by atomic mass is 19.1. The van der Waals surface area contributed by atoms with Crippen LogP contribution in [0.5, 0.6) is 11.5 Å². The minimum Gasteiger partial charge on any atom is -0.493 e. The van der Waals surface area contributed by atoms with Crippen LogP contribution in [0.25, 0.3) is 0 Å². The molecular weight excluding hydrogens is 225 g/mol. The van der Waals surface area contributed by atoms with E-state index < -0.39 is 6.17 Å². The number of ketones is 1. The number of rotatable bonds is 5. The predicted molar refractivity (Wildman–Crippen MR) is 62.5 cm³/mol. The molecule has 1 atom stereocenters. The Morgan fingerprint density at radius 3 is 2.47 bits per heavy atom. The van der Waals surface area contributed by atoms with Gasteiger partial charge in [-0.25, -0.2) is 4.39 Å². The maximum absolute atomic E-state index is 13.3.